The summed E-state index contributed by atoms with van der Waals surface area (Å²) in [6, 6.07) is 0.236. The Balaban J connectivity index is 0. The Hall–Kier alpha value is -0.970. The smallest absolute Gasteiger partial charge is 0.219 e. The Morgan fingerprint density at radius 1 is 1.17 bits per heavy atom. The maximum Gasteiger partial charge on any atom is 0.219 e. The molecule has 106 valence electrons. The van der Waals surface area contributed by atoms with Crippen molar-refractivity contribution < 1.29 is 6.22 Å². The quantitative estimate of drug-likeness (QED) is 0.740. The second kappa shape index (κ2) is 6.83. The number of hydrogen-bond donors (Lipinski definition) is 1. The highest BCUT2D eigenvalue weighted by molar-refractivity contribution is 5.75. The van der Waals surface area contributed by atoms with Crippen LogP contribution in [0.15, 0.2) is 0 Å². The van der Waals surface area contributed by atoms with Crippen molar-refractivity contribution in [2.45, 2.75) is 73.8 Å². The third kappa shape index (κ3) is 6.10. The predicted molar refractivity (Wildman–Crippen MR) is 80.3 cm³/mol. The first-order valence-corrected chi connectivity index (χ1v) is 7.08. The highest BCUT2D eigenvalue weighted by Crippen LogP contribution is 2.32. The van der Waals surface area contributed by atoms with Crippen LogP contribution in [0.2, 0.25) is 0 Å². The van der Waals surface area contributed by atoms with E-state index in [9.17, 15) is 4.79 Å². The van der Waals surface area contributed by atoms with E-state index in [-0.39, 0.29) is 24.2 Å². The molecule has 2 heteroatoms. The fraction of sp³-hybridized carbons (Fsp3) is 0.812. The summed E-state index contributed by atoms with van der Waals surface area (Å²) < 4.78 is 0. The van der Waals surface area contributed by atoms with Crippen molar-refractivity contribution in [3.05, 3.63) is 0 Å². The minimum atomic E-state index is -0.000538. The number of rotatable bonds is 2. The van der Waals surface area contributed by atoms with E-state index in [2.05, 4.69) is 44.9 Å². The van der Waals surface area contributed by atoms with Gasteiger partial charge >= 0.3 is 0 Å². The molecule has 0 aromatic carbocycles. The molecule has 0 aromatic heterocycles. The summed E-state index contributed by atoms with van der Waals surface area (Å²) >= 11 is 0. The van der Waals surface area contributed by atoms with Gasteiger partial charge in [-0.1, -0.05) is 32.6 Å². The molecule has 0 bridgehead atoms. The molecule has 0 unspecified atom stereocenters. The van der Waals surface area contributed by atoms with Crippen molar-refractivity contribution in [1.29, 1.82) is 0 Å². The molecule has 1 aliphatic carbocycles. The molecule has 0 aromatic rings. The molecule has 0 aliphatic heterocycles. The number of carbonyl (C=O) groups excluding carboxylic acids is 1. The zero-order chi connectivity index (χ0) is 14.4. The van der Waals surface area contributed by atoms with Crippen LogP contribution in [0.25, 0.3) is 0 Å². The largest absolute Gasteiger partial charge is 0.353 e. The van der Waals surface area contributed by atoms with Gasteiger partial charge in [-0.2, -0.15) is 0 Å². The third-order valence-electron chi connectivity index (χ3n) is 2.94. The zero-order valence-corrected chi connectivity index (χ0v) is 13.1. The average Bonchev–Trinajstić information content (AvgIpc) is 2.37. The number of nitrogens with one attached hydrogen (secondary N) is 1. The van der Waals surface area contributed by atoms with Crippen LogP contribution in [-0.4, -0.2) is 11.9 Å². The minimum absolute atomic E-state index is 0. The monoisotopic (exact) mass is 253 g/mol. The SMILES string of the molecule is CC.CCC(=O)NC1CC(C)(C)C#CC(C)(C)C1.[HH]. The molecule has 1 aliphatic rings. The van der Waals surface area contributed by atoms with Crippen LogP contribution in [0.5, 0.6) is 0 Å². The van der Waals surface area contributed by atoms with Crippen molar-refractivity contribution in [2.24, 2.45) is 10.8 Å². The van der Waals surface area contributed by atoms with E-state index in [1.54, 1.807) is 0 Å². The van der Waals surface area contributed by atoms with Crippen molar-refractivity contribution >= 4 is 5.91 Å². The highest BCUT2D eigenvalue weighted by atomic mass is 16.1. The lowest BCUT2D eigenvalue weighted by molar-refractivity contribution is -0.121. The number of hydrogen-bond acceptors (Lipinski definition) is 1. The van der Waals surface area contributed by atoms with E-state index < -0.39 is 0 Å². The van der Waals surface area contributed by atoms with Gasteiger partial charge in [0.15, 0.2) is 0 Å². The Morgan fingerprint density at radius 2 is 1.56 bits per heavy atom. The topological polar surface area (TPSA) is 29.1 Å². The van der Waals surface area contributed by atoms with Crippen LogP contribution in [-0.2, 0) is 4.79 Å². The van der Waals surface area contributed by atoms with Gasteiger partial charge in [0.05, 0.1) is 0 Å². The van der Waals surface area contributed by atoms with Crippen LogP contribution in [0.1, 0.15) is 69.2 Å². The Kier molecular flexibility index (Phi) is 6.46. The summed E-state index contributed by atoms with van der Waals surface area (Å²) in [5.74, 6) is 6.80. The van der Waals surface area contributed by atoms with Gasteiger partial charge in [0.2, 0.25) is 5.91 Å². The lowest BCUT2D eigenvalue weighted by atomic mass is 9.84. The van der Waals surface area contributed by atoms with E-state index >= 15 is 0 Å². The molecule has 0 fully saturated rings. The highest BCUT2D eigenvalue weighted by Gasteiger charge is 2.30. The van der Waals surface area contributed by atoms with E-state index in [0.717, 1.165) is 12.8 Å². The lowest BCUT2D eigenvalue weighted by Gasteiger charge is -2.27. The van der Waals surface area contributed by atoms with Crippen molar-refractivity contribution in [2.75, 3.05) is 0 Å². The third-order valence-corrected chi connectivity index (χ3v) is 2.94. The lowest BCUT2D eigenvalue weighted by Crippen LogP contribution is -2.39. The second-order valence-corrected chi connectivity index (χ2v) is 6.04. The molecule has 1 N–H and O–H groups in total. The van der Waals surface area contributed by atoms with Crippen molar-refractivity contribution in [3.8, 4) is 11.8 Å². The maximum atomic E-state index is 11.5. The van der Waals surface area contributed by atoms with Crippen molar-refractivity contribution in [1.82, 2.24) is 5.32 Å². The zero-order valence-electron chi connectivity index (χ0n) is 13.1. The standard InChI is InChI=1S/C14H23NO.C2H6.H2/c1-6-12(16)15-11-9-13(2,3)7-8-14(4,5)10-11;1-2;/h11H,6,9-10H2,1-5H3,(H,15,16);1-2H3;1H. The fourth-order valence-electron chi connectivity index (χ4n) is 2.18. The first-order chi connectivity index (χ1) is 8.24. The summed E-state index contributed by atoms with van der Waals surface area (Å²) in [5, 5.41) is 3.10. The summed E-state index contributed by atoms with van der Waals surface area (Å²) in [7, 11) is 0. The van der Waals surface area contributed by atoms with Gasteiger partial charge in [-0.25, -0.2) is 0 Å². The molecular weight excluding hydrogens is 222 g/mol. The van der Waals surface area contributed by atoms with Gasteiger partial charge < -0.3 is 5.32 Å². The molecule has 0 saturated carbocycles. The fourth-order valence-corrected chi connectivity index (χ4v) is 2.18. The Bertz CT molecular complexity index is 314. The molecule has 1 amide bonds. The van der Waals surface area contributed by atoms with E-state index in [0.29, 0.717) is 6.42 Å². The second-order valence-electron chi connectivity index (χ2n) is 6.04. The summed E-state index contributed by atoms with van der Waals surface area (Å²) in [5.41, 5.74) is -0.00108. The average molecular weight is 253 g/mol. The summed E-state index contributed by atoms with van der Waals surface area (Å²) in [4.78, 5) is 11.5. The Labute approximate surface area is 114 Å². The van der Waals surface area contributed by atoms with Gasteiger partial charge in [-0.3, -0.25) is 4.79 Å². The van der Waals surface area contributed by atoms with E-state index in [4.69, 9.17) is 0 Å². The van der Waals surface area contributed by atoms with Crippen LogP contribution in [0, 0.1) is 22.7 Å². The molecule has 0 heterocycles. The molecule has 18 heavy (non-hydrogen) atoms. The van der Waals surface area contributed by atoms with E-state index in [1.807, 2.05) is 20.8 Å². The normalized spacial score (nSPS) is 20.6. The molecule has 0 saturated heterocycles. The molecule has 0 radical (unpaired) electrons. The Morgan fingerprint density at radius 3 is 1.89 bits per heavy atom. The molecule has 0 atom stereocenters. The van der Waals surface area contributed by atoms with Gasteiger partial charge in [-0.15, -0.1) is 0 Å². The molecule has 2 nitrogen and oxygen atoms in total. The van der Waals surface area contributed by atoms with Gasteiger partial charge in [0.1, 0.15) is 0 Å². The van der Waals surface area contributed by atoms with Gasteiger partial charge in [0.25, 0.3) is 0 Å². The summed E-state index contributed by atoms with van der Waals surface area (Å²) in [6.07, 6.45) is 2.43. The first-order valence-electron chi connectivity index (χ1n) is 7.08. The van der Waals surface area contributed by atoms with Crippen LogP contribution < -0.4 is 5.32 Å². The van der Waals surface area contributed by atoms with Crippen LogP contribution in [0.3, 0.4) is 0 Å². The van der Waals surface area contributed by atoms with E-state index in [1.165, 1.54) is 0 Å². The predicted octanol–water partition coefficient (Wildman–Crippen LogP) is 4.00. The molecular formula is C16H31NO. The van der Waals surface area contributed by atoms with Gasteiger partial charge in [-0.05, 0) is 40.5 Å². The molecule has 1 rings (SSSR count). The molecule has 0 spiro atoms. The van der Waals surface area contributed by atoms with Gasteiger partial charge in [0, 0.05) is 24.7 Å². The van der Waals surface area contributed by atoms with Crippen molar-refractivity contribution in [3.63, 3.8) is 0 Å². The summed E-state index contributed by atoms with van der Waals surface area (Å²) in [6.45, 7) is 14.5. The minimum Gasteiger partial charge on any atom is -0.353 e. The first kappa shape index (κ1) is 17.0. The number of carbonyl (C=O) groups is 1. The number of amides is 1. The van der Waals surface area contributed by atoms with Crippen LogP contribution in [0.4, 0.5) is 0 Å². The van der Waals surface area contributed by atoms with Crippen LogP contribution >= 0.6 is 0 Å². The maximum absolute atomic E-state index is 11.5.